The van der Waals surface area contributed by atoms with E-state index < -0.39 is 0 Å². The minimum Gasteiger partial charge on any atom is -0.376 e. The summed E-state index contributed by atoms with van der Waals surface area (Å²) < 4.78 is 7.68. The summed E-state index contributed by atoms with van der Waals surface area (Å²) in [5.74, 6) is 0.273. The molecule has 36 heavy (non-hydrogen) atoms. The van der Waals surface area contributed by atoms with E-state index in [0.29, 0.717) is 12.5 Å². The van der Waals surface area contributed by atoms with Gasteiger partial charge >= 0.3 is 0 Å². The summed E-state index contributed by atoms with van der Waals surface area (Å²) in [6.45, 7) is 3.22. The minimum absolute atomic E-state index is 0.00220. The normalized spacial score (nSPS) is 17.9. The molecule has 2 aliphatic rings. The summed E-state index contributed by atoms with van der Waals surface area (Å²) >= 11 is 0. The number of benzene rings is 2. The number of nitrogens with zero attached hydrogens (tertiary/aromatic N) is 3. The molecule has 1 aromatic heterocycles. The summed E-state index contributed by atoms with van der Waals surface area (Å²) in [5, 5.41) is 2.99. The van der Waals surface area contributed by atoms with Gasteiger partial charge in [0.15, 0.2) is 0 Å². The van der Waals surface area contributed by atoms with Crippen molar-refractivity contribution in [3.8, 4) is 16.9 Å². The van der Waals surface area contributed by atoms with E-state index in [1.165, 1.54) is 0 Å². The molecule has 1 atom stereocenters. The molecule has 188 valence electrons. The Kier molecular flexibility index (Phi) is 7.47. The lowest BCUT2D eigenvalue weighted by Gasteiger charge is -2.27. The zero-order chi connectivity index (χ0) is 24.9. The number of aromatic nitrogens is 2. The van der Waals surface area contributed by atoms with Gasteiger partial charge in [-0.3, -0.25) is 19.5 Å². The molecule has 1 saturated heterocycles. The van der Waals surface area contributed by atoms with Crippen molar-refractivity contribution in [1.82, 2.24) is 14.5 Å². The molecule has 0 bridgehead atoms. The van der Waals surface area contributed by atoms with Crippen molar-refractivity contribution < 1.29 is 14.3 Å². The third-order valence-electron chi connectivity index (χ3n) is 7.14. The number of hydrogen-bond acceptors (Lipinski definition) is 4. The predicted octanol–water partition coefficient (Wildman–Crippen LogP) is 4.98. The van der Waals surface area contributed by atoms with Crippen LogP contribution in [-0.4, -0.2) is 52.1 Å². The molecule has 7 heteroatoms. The second-order valence-corrected chi connectivity index (χ2v) is 9.90. The first-order valence-electron chi connectivity index (χ1n) is 13.0. The maximum absolute atomic E-state index is 13.3. The number of anilines is 1. The molecule has 2 fully saturated rings. The highest BCUT2D eigenvalue weighted by atomic mass is 16.5. The number of aryl methyl sites for hydroxylation is 1. The molecule has 0 radical (unpaired) electrons. The van der Waals surface area contributed by atoms with Crippen LogP contribution in [-0.2, 0) is 14.3 Å². The SMILES string of the molecule is Cc1ccc(-n2cc(-c3ccccc3)nc2NC(=O)CN(C[C@@H]2CCCO2)C(=O)C2CCCC2)cc1. The van der Waals surface area contributed by atoms with Crippen molar-refractivity contribution in [2.24, 2.45) is 5.92 Å². The van der Waals surface area contributed by atoms with Crippen LogP contribution in [0.1, 0.15) is 44.1 Å². The summed E-state index contributed by atoms with van der Waals surface area (Å²) in [5.41, 5.74) is 3.80. The monoisotopic (exact) mass is 486 g/mol. The van der Waals surface area contributed by atoms with Gasteiger partial charge in [0.2, 0.25) is 17.8 Å². The van der Waals surface area contributed by atoms with Gasteiger partial charge in [-0.05, 0) is 44.7 Å². The molecule has 0 unspecified atom stereocenters. The van der Waals surface area contributed by atoms with Gasteiger partial charge in [0, 0.05) is 36.5 Å². The van der Waals surface area contributed by atoms with Gasteiger partial charge < -0.3 is 9.64 Å². The van der Waals surface area contributed by atoms with E-state index >= 15 is 0 Å². The number of carbonyl (C=O) groups excluding carboxylic acids is 2. The van der Waals surface area contributed by atoms with Crippen LogP contribution in [0.5, 0.6) is 0 Å². The van der Waals surface area contributed by atoms with E-state index in [1.807, 2.05) is 72.3 Å². The average Bonchev–Trinajstić information content (AvgIpc) is 3.67. The quantitative estimate of drug-likeness (QED) is 0.487. The van der Waals surface area contributed by atoms with E-state index in [2.05, 4.69) is 5.32 Å². The summed E-state index contributed by atoms with van der Waals surface area (Å²) in [6, 6.07) is 18.0. The first-order chi connectivity index (χ1) is 17.6. The lowest BCUT2D eigenvalue weighted by Crippen LogP contribution is -2.44. The molecule has 1 saturated carbocycles. The van der Waals surface area contributed by atoms with E-state index in [4.69, 9.17) is 9.72 Å². The van der Waals surface area contributed by atoms with Crippen LogP contribution >= 0.6 is 0 Å². The number of ether oxygens (including phenoxy) is 1. The third-order valence-corrected chi connectivity index (χ3v) is 7.14. The van der Waals surface area contributed by atoms with Gasteiger partial charge in [-0.25, -0.2) is 4.98 Å². The van der Waals surface area contributed by atoms with Crippen molar-refractivity contribution in [2.75, 3.05) is 25.0 Å². The molecule has 1 N–H and O–H groups in total. The van der Waals surface area contributed by atoms with E-state index in [0.717, 1.165) is 67.6 Å². The molecule has 1 aliphatic carbocycles. The predicted molar refractivity (Wildman–Crippen MR) is 140 cm³/mol. The van der Waals surface area contributed by atoms with E-state index in [1.54, 1.807) is 4.90 Å². The smallest absolute Gasteiger partial charge is 0.246 e. The van der Waals surface area contributed by atoms with Gasteiger partial charge in [-0.15, -0.1) is 0 Å². The molecule has 2 aromatic carbocycles. The zero-order valence-corrected chi connectivity index (χ0v) is 20.9. The van der Waals surface area contributed by atoms with Gasteiger partial charge in [-0.2, -0.15) is 0 Å². The highest BCUT2D eigenvalue weighted by Crippen LogP contribution is 2.28. The Labute approximate surface area is 212 Å². The van der Waals surface area contributed by atoms with E-state index in [9.17, 15) is 9.59 Å². The number of hydrogen-bond donors (Lipinski definition) is 1. The zero-order valence-electron chi connectivity index (χ0n) is 20.9. The lowest BCUT2D eigenvalue weighted by atomic mass is 10.1. The second-order valence-electron chi connectivity index (χ2n) is 9.90. The van der Waals surface area contributed by atoms with Crippen LogP contribution < -0.4 is 5.32 Å². The largest absolute Gasteiger partial charge is 0.376 e. The standard InChI is InChI=1S/C29H34N4O3/c1-21-13-15-24(16-14-21)33-19-26(22-8-3-2-4-9-22)30-29(33)31-27(34)20-32(18-25-12-7-17-36-25)28(35)23-10-5-6-11-23/h2-4,8-9,13-16,19,23,25H,5-7,10-12,17-18,20H2,1H3,(H,30,31,34)/t25-/m0/s1. The highest BCUT2D eigenvalue weighted by Gasteiger charge is 2.31. The van der Waals surface area contributed by atoms with Crippen molar-refractivity contribution in [2.45, 2.75) is 51.6 Å². The topological polar surface area (TPSA) is 76.5 Å². The molecule has 7 nitrogen and oxygen atoms in total. The number of rotatable bonds is 8. The molecule has 2 heterocycles. The van der Waals surface area contributed by atoms with Gasteiger partial charge in [0.05, 0.1) is 11.8 Å². The average molecular weight is 487 g/mol. The van der Waals surface area contributed by atoms with Gasteiger partial charge in [0.25, 0.3) is 0 Å². The Balaban J connectivity index is 1.38. The summed E-state index contributed by atoms with van der Waals surface area (Å²) in [7, 11) is 0. The fourth-order valence-corrected chi connectivity index (χ4v) is 5.15. The Morgan fingerprint density at radius 1 is 1.03 bits per heavy atom. The number of nitrogens with one attached hydrogen (secondary N) is 1. The molecule has 1 aliphatic heterocycles. The van der Waals surface area contributed by atoms with Crippen LogP contribution in [0.3, 0.4) is 0 Å². The third kappa shape index (κ3) is 5.68. The number of carbonyl (C=O) groups is 2. The number of imidazole rings is 1. The van der Waals surface area contributed by atoms with Gasteiger partial charge in [-0.1, -0.05) is 60.9 Å². The first kappa shape index (κ1) is 24.3. The van der Waals surface area contributed by atoms with E-state index in [-0.39, 0.29) is 30.4 Å². The fourth-order valence-electron chi connectivity index (χ4n) is 5.15. The number of amides is 2. The van der Waals surface area contributed by atoms with Crippen LogP contribution in [0.2, 0.25) is 0 Å². The van der Waals surface area contributed by atoms with Crippen molar-refractivity contribution in [3.05, 3.63) is 66.4 Å². The molecule has 3 aromatic rings. The molecule has 2 amide bonds. The van der Waals surface area contributed by atoms with Crippen LogP contribution in [0.15, 0.2) is 60.8 Å². The molecule has 0 spiro atoms. The summed E-state index contributed by atoms with van der Waals surface area (Å²) in [4.78, 5) is 33.1. The van der Waals surface area contributed by atoms with Gasteiger partial charge in [0.1, 0.15) is 6.54 Å². The Morgan fingerprint density at radius 2 is 1.78 bits per heavy atom. The molecular weight excluding hydrogens is 452 g/mol. The summed E-state index contributed by atoms with van der Waals surface area (Å²) in [6.07, 6.45) is 7.82. The Bertz CT molecular complexity index is 1180. The second kappa shape index (κ2) is 11.1. The van der Waals surface area contributed by atoms with Crippen molar-refractivity contribution in [1.29, 1.82) is 0 Å². The fraction of sp³-hybridized carbons (Fsp3) is 0.414. The molecular formula is C29H34N4O3. The minimum atomic E-state index is -0.252. The highest BCUT2D eigenvalue weighted by molar-refractivity contribution is 5.94. The van der Waals surface area contributed by atoms with Crippen molar-refractivity contribution in [3.63, 3.8) is 0 Å². The van der Waals surface area contributed by atoms with Crippen LogP contribution in [0, 0.1) is 12.8 Å². The molecule has 5 rings (SSSR count). The first-order valence-corrected chi connectivity index (χ1v) is 13.0. The Hall–Kier alpha value is -3.45. The lowest BCUT2D eigenvalue weighted by molar-refractivity contribution is -0.139. The van der Waals surface area contributed by atoms with Crippen LogP contribution in [0.4, 0.5) is 5.95 Å². The van der Waals surface area contributed by atoms with Crippen molar-refractivity contribution >= 4 is 17.8 Å². The maximum atomic E-state index is 13.3. The Morgan fingerprint density at radius 3 is 2.47 bits per heavy atom. The van der Waals surface area contributed by atoms with Crippen LogP contribution in [0.25, 0.3) is 16.9 Å². The maximum Gasteiger partial charge on any atom is 0.246 e.